The summed E-state index contributed by atoms with van der Waals surface area (Å²) in [5.74, 6) is -0.451. The van der Waals surface area contributed by atoms with E-state index in [1.54, 1.807) is 23.1 Å². The Labute approximate surface area is 151 Å². The normalized spacial score (nSPS) is 13.4. The third kappa shape index (κ3) is 3.95. The summed E-state index contributed by atoms with van der Waals surface area (Å²) < 4.78 is 37.9. The predicted molar refractivity (Wildman–Crippen MR) is 93.4 cm³/mol. The zero-order chi connectivity index (χ0) is 18.7. The Kier molecular flexibility index (Phi) is 5.40. The van der Waals surface area contributed by atoms with Gasteiger partial charge in [0.15, 0.2) is 11.5 Å². The van der Waals surface area contributed by atoms with Crippen molar-refractivity contribution in [2.45, 2.75) is 32.4 Å². The molecule has 1 fully saturated rings. The Bertz CT molecular complexity index is 806. The number of carbonyl (C=O) groups is 1. The first-order valence-electron chi connectivity index (χ1n) is 8.59. The van der Waals surface area contributed by atoms with E-state index in [0.717, 1.165) is 18.9 Å². The van der Waals surface area contributed by atoms with Gasteiger partial charge >= 0.3 is 0 Å². The van der Waals surface area contributed by atoms with Gasteiger partial charge in [0.1, 0.15) is 11.6 Å². The summed E-state index contributed by atoms with van der Waals surface area (Å²) >= 11 is 0. The van der Waals surface area contributed by atoms with Crippen molar-refractivity contribution in [1.29, 1.82) is 0 Å². The van der Waals surface area contributed by atoms with Crippen molar-refractivity contribution in [2.24, 2.45) is 0 Å². The highest BCUT2D eigenvalue weighted by molar-refractivity contribution is 5.95. The topological polar surface area (TPSA) is 38.8 Å². The summed E-state index contributed by atoms with van der Waals surface area (Å²) in [5.41, 5.74) is 0.740. The molecule has 0 radical (unpaired) electrons. The van der Waals surface area contributed by atoms with Crippen molar-refractivity contribution < 1.29 is 23.0 Å². The predicted octanol–water partition coefficient (Wildman–Crippen LogP) is 4.18. The molecule has 0 aliphatic heterocycles. The van der Waals surface area contributed by atoms with Crippen molar-refractivity contribution >= 4 is 5.91 Å². The fourth-order valence-electron chi connectivity index (χ4n) is 2.83. The molecule has 1 saturated carbocycles. The van der Waals surface area contributed by atoms with Gasteiger partial charge in [0.05, 0.1) is 13.7 Å². The van der Waals surface area contributed by atoms with Crippen LogP contribution < -0.4 is 9.47 Å². The van der Waals surface area contributed by atoms with Gasteiger partial charge in [0.25, 0.3) is 5.91 Å². The number of hydrogen-bond donors (Lipinski definition) is 0. The van der Waals surface area contributed by atoms with E-state index in [2.05, 4.69) is 0 Å². The molecule has 2 aromatic rings. The third-order valence-corrected chi connectivity index (χ3v) is 4.31. The first-order valence-corrected chi connectivity index (χ1v) is 8.59. The molecule has 138 valence electrons. The minimum Gasteiger partial charge on any atom is -0.493 e. The molecule has 0 heterocycles. The van der Waals surface area contributed by atoms with Crippen molar-refractivity contribution in [2.75, 3.05) is 13.7 Å². The Balaban J connectivity index is 1.85. The molecule has 0 atom stereocenters. The molecule has 1 aliphatic rings. The molecule has 4 nitrogen and oxygen atoms in total. The molecule has 0 N–H and O–H groups in total. The van der Waals surface area contributed by atoms with Gasteiger partial charge in [-0.15, -0.1) is 0 Å². The summed E-state index contributed by atoms with van der Waals surface area (Å²) in [6.45, 7) is 2.46. The maximum absolute atomic E-state index is 14.0. The largest absolute Gasteiger partial charge is 0.493 e. The van der Waals surface area contributed by atoms with Gasteiger partial charge < -0.3 is 14.4 Å². The number of nitrogens with zero attached hydrogens (tertiary/aromatic N) is 1. The zero-order valence-corrected chi connectivity index (χ0v) is 14.8. The lowest BCUT2D eigenvalue weighted by molar-refractivity contribution is 0.0728. The van der Waals surface area contributed by atoms with E-state index in [0.29, 0.717) is 29.2 Å². The van der Waals surface area contributed by atoms with Gasteiger partial charge in [0.2, 0.25) is 0 Å². The minimum absolute atomic E-state index is 0.0736. The molecule has 2 aromatic carbocycles. The average Bonchev–Trinajstić information content (AvgIpc) is 3.46. The van der Waals surface area contributed by atoms with Crippen molar-refractivity contribution in [3.63, 3.8) is 0 Å². The molecule has 0 spiro atoms. The number of rotatable bonds is 7. The van der Waals surface area contributed by atoms with E-state index in [4.69, 9.17) is 9.47 Å². The lowest BCUT2D eigenvalue weighted by Gasteiger charge is -2.23. The van der Waals surface area contributed by atoms with Gasteiger partial charge in [-0.1, -0.05) is 6.07 Å². The lowest BCUT2D eigenvalue weighted by atomic mass is 10.1. The Morgan fingerprint density at radius 3 is 2.54 bits per heavy atom. The summed E-state index contributed by atoms with van der Waals surface area (Å²) in [4.78, 5) is 14.6. The minimum atomic E-state index is -0.646. The number of amides is 1. The van der Waals surface area contributed by atoms with Gasteiger partial charge in [-0.05, 0) is 44.0 Å². The molecule has 1 aliphatic carbocycles. The van der Waals surface area contributed by atoms with Crippen LogP contribution in [0.2, 0.25) is 0 Å². The second kappa shape index (κ2) is 7.72. The first-order chi connectivity index (χ1) is 12.5. The highest BCUT2D eigenvalue weighted by Crippen LogP contribution is 2.33. The molecule has 3 rings (SSSR count). The van der Waals surface area contributed by atoms with Crippen LogP contribution in [-0.2, 0) is 6.54 Å². The molecule has 0 aromatic heterocycles. The van der Waals surface area contributed by atoms with Gasteiger partial charge in [0, 0.05) is 29.8 Å². The molecule has 0 saturated heterocycles. The van der Waals surface area contributed by atoms with Gasteiger partial charge in [-0.3, -0.25) is 4.79 Å². The highest BCUT2D eigenvalue weighted by atomic mass is 19.1. The van der Waals surface area contributed by atoms with Crippen LogP contribution in [0.3, 0.4) is 0 Å². The second-order valence-electron chi connectivity index (χ2n) is 6.20. The smallest absolute Gasteiger partial charge is 0.254 e. The van der Waals surface area contributed by atoms with E-state index in [-0.39, 0.29) is 18.5 Å². The van der Waals surface area contributed by atoms with Gasteiger partial charge in [-0.2, -0.15) is 0 Å². The quantitative estimate of drug-likeness (QED) is 0.743. The number of hydrogen-bond acceptors (Lipinski definition) is 3. The molecule has 6 heteroatoms. The number of halogens is 2. The third-order valence-electron chi connectivity index (χ3n) is 4.31. The van der Waals surface area contributed by atoms with E-state index in [9.17, 15) is 13.6 Å². The van der Waals surface area contributed by atoms with Crippen molar-refractivity contribution in [3.8, 4) is 11.5 Å². The van der Waals surface area contributed by atoms with E-state index >= 15 is 0 Å². The maximum Gasteiger partial charge on any atom is 0.254 e. The van der Waals surface area contributed by atoms with Crippen LogP contribution in [0.5, 0.6) is 11.5 Å². The summed E-state index contributed by atoms with van der Waals surface area (Å²) in [7, 11) is 1.51. The monoisotopic (exact) mass is 361 g/mol. The summed E-state index contributed by atoms with van der Waals surface area (Å²) in [5, 5.41) is 0. The lowest BCUT2D eigenvalue weighted by Crippen LogP contribution is -2.33. The maximum atomic E-state index is 14.0. The van der Waals surface area contributed by atoms with Crippen LogP contribution in [0, 0.1) is 11.6 Å². The molecular weight excluding hydrogens is 340 g/mol. The Morgan fingerprint density at radius 2 is 1.92 bits per heavy atom. The molecule has 1 amide bonds. The SMILES string of the molecule is CCOc1ccc(C(=O)N(Cc2ccc(F)cc2F)C2CC2)cc1OC. The van der Waals surface area contributed by atoms with Crippen molar-refractivity contribution in [3.05, 3.63) is 59.2 Å². The van der Waals surface area contributed by atoms with Crippen LogP contribution in [0.15, 0.2) is 36.4 Å². The molecular formula is C20H21F2NO3. The van der Waals surface area contributed by atoms with E-state index in [1.165, 1.54) is 19.2 Å². The average molecular weight is 361 g/mol. The second-order valence-corrected chi connectivity index (χ2v) is 6.20. The number of ether oxygens (including phenoxy) is 2. The molecule has 26 heavy (non-hydrogen) atoms. The zero-order valence-electron chi connectivity index (χ0n) is 14.8. The number of carbonyl (C=O) groups excluding carboxylic acids is 1. The van der Waals surface area contributed by atoms with Crippen LogP contribution in [0.25, 0.3) is 0 Å². The summed E-state index contributed by atoms with van der Waals surface area (Å²) in [6.07, 6.45) is 1.76. The molecule has 0 bridgehead atoms. The standard InChI is InChI=1S/C20H21F2NO3/c1-3-26-18-9-5-13(10-19(18)25-2)20(24)23(16-7-8-16)12-14-4-6-15(21)11-17(14)22/h4-6,9-11,16H,3,7-8,12H2,1-2H3. The molecule has 0 unspecified atom stereocenters. The Morgan fingerprint density at radius 1 is 1.15 bits per heavy atom. The number of benzene rings is 2. The fourth-order valence-corrected chi connectivity index (χ4v) is 2.83. The Hall–Kier alpha value is -2.63. The van der Waals surface area contributed by atoms with E-state index < -0.39 is 11.6 Å². The van der Waals surface area contributed by atoms with E-state index in [1.807, 2.05) is 6.92 Å². The fraction of sp³-hybridized carbons (Fsp3) is 0.350. The van der Waals surface area contributed by atoms with Crippen molar-refractivity contribution in [1.82, 2.24) is 4.90 Å². The highest BCUT2D eigenvalue weighted by Gasteiger charge is 2.34. The first kappa shape index (κ1) is 18.2. The summed E-state index contributed by atoms with van der Waals surface area (Å²) in [6, 6.07) is 8.49. The van der Waals surface area contributed by atoms with Crippen LogP contribution in [0.4, 0.5) is 8.78 Å². The van der Waals surface area contributed by atoms with Crippen LogP contribution in [0.1, 0.15) is 35.7 Å². The van der Waals surface area contributed by atoms with Gasteiger partial charge in [-0.25, -0.2) is 8.78 Å². The number of methoxy groups -OCH3 is 1. The van der Waals surface area contributed by atoms with Crippen LogP contribution >= 0.6 is 0 Å². The van der Waals surface area contributed by atoms with Crippen LogP contribution in [-0.4, -0.2) is 30.6 Å².